The Hall–Kier alpha value is -3.40. The zero-order chi connectivity index (χ0) is 51.6. The van der Waals surface area contributed by atoms with Gasteiger partial charge in [-0.15, -0.1) is 0 Å². The lowest BCUT2D eigenvalue weighted by Gasteiger charge is -2.27. The van der Waals surface area contributed by atoms with Crippen LogP contribution in [0, 0.1) is 0 Å². The van der Waals surface area contributed by atoms with E-state index in [1.165, 1.54) is 44.5 Å². The summed E-state index contributed by atoms with van der Waals surface area (Å²) in [4.78, 5) is 0. The number of hydrogen-bond donors (Lipinski definition) is 0. The standard InChI is InChI=1S/C61H90N2O4P2/c1-54(2,3)38-30-42-43-31-39(55(4,5)6)35-47(59(16,17)18)51(43)65-68(64-50(42)46(34-38)58(13,14)15)62-26-25-27-63(29-28-62)69-66-52-44(32-40(56(7,8)9)36-48(52)60(19,20)21)45-33-41(57(10,11)12)37-49(53(45)67-69)61(22,23)24/h30-37H,25-29H2,1-24H3. The van der Waals surface area contributed by atoms with Crippen molar-refractivity contribution in [2.45, 2.75) is 216 Å². The number of rotatable bonds is 2. The minimum absolute atomic E-state index is 0.0636. The van der Waals surface area contributed by atoms with Gasteiger partial charge in [0.15, 0.2) is 0 Å². The van der Waals surface area contributed by atoms with Crippen LogP contribution in [-0.4, -0.2) is 26.2 Å². The number of nitrogens with zero attached hydrogens (tertiary/aromatic N) is 2. The van der Waals surface area contributed by atoms with Crippen LogP contribution in [-0.2, 0) is 43.3 Å². The second-order valence-corrected chi connectivity index (χ2v) is 31.5. The Morgan fingerprint density at radius 3 is 0.667 bits per heavy atom. The van der Waals surface area contributed by atoms with Crippen molar-refractivity contribution in [2.75, 3.05) is 35.5 Å². The highest BCUT2D eigenvalue weighted by Crippen LogP contribution is 2.49. The molecule has 1 aliphatic rings. The monoisotopic (exact) mass is 977 g/mol. The summed E-state index contributed by atoms with van der Waals surface area (Å²) in [5.74, 6) is 0. The topological polar surface area (TPSA) is 59.0 Å². The Morgan fingerprint density at radius 2 is 0.493 bits per heavy atom. The maximum atomic E-state index is 7.52. The van der Waals surface area contributed by atoms with Gasteiger partial charge in [-0.3, -0.25) is 0 Å². The molecule has 3 heterocycles. The van der Waals surface area contributed by atoms with E-state index < -0.39 is 16.3 Å². The molecule has 0 aliphatic carbocycles. The SMILES string of the molecule is CC(C)(C)c1cc(C(C)(C)C)c2op(N3CCCN(p4oc5c(C(C)(C)C)cc(C(C)(C)C)cc5c5cc(C(C)(C)C)cc(C(C)(C)C)c5o4)CC3)oc3c(C(C)(C)C)cc(C(C)(C)C)cc3c2c1. The van der Waals surface area contributed by atoms with Crippen LogP contribution < -0.4 is 9.34 Å². The van der Waals surface area contributed by atoms with Crippen molar-refractivity contribution in [3.05, 3.63) is 93.0 Å². The molecule has 7 rings (SSSR count). The average molecular weight is 977 g/mol. The van der Waals surface area contributed by atoms with E-state index in [0.29, 0.717) is 0 Å². The average Bonchev–Trinajstić information content (AvgIpc) is 3.59. The molecule has 0 bridgehead atoms. The Balaban J connectivity index is 1.51. The van der Waals surface area contributed by atoms with Gasteiger partial charge in [-0.2, -0.15) is 0 Å². The van der Waals surface area contributed by atoms with Crippen molar-refractivity contribution in [3.63, 3.8) is 0 Å². The van der Waals surface area contributed by atoms with Gasteiger partial charge < -0.3 is 16.8 Å². The van der Waals surface area contributed by atoms with Gasteiger partial charge in [0.2, 0.25) is 0 Å². The van der Waals surface area contributed by atoms with Crippen LogP contribution in [0.3, 0.4) is 0 Å². The first-order valence-corrected chi connectivity index (χ1v) is 28.1. The summed E-state index contributed by atoms with van der Waals surface area (Å²) in [6, 6.07) is 19.2. The summed E-state index contributed by atoms with van der Waals surface area (Å²) >= 11 is 0. The molecule has 6 aromatic rings. The molecule has 8 heteroatoms. The highest BCUT2D eigenvalue weighted by molar-refractivity contribution is 7.39. The summed E-state index contributed by atoms with van der Waals surface area (Å²) in [6.45, 7) is 58.8. The fourth-order valence-corrected chi connectivity index (χ4v) is 12.5. The highest BCUT2D eigenvalue weighted by Gasteiger charge is 2.33. The second kappa shape index (κ2) is 17.7. The first kappa shape index (κ1) is 53.4. The van der Waals surface area contributed by atoms with Crippen molar-refractivity contribution < 1.29 is 16.8 Å². The lowest BCUT2D eigenvalue weighted by Crippen LogP contribution is -2.27. The van der Waals surface area contributed by atoms with Crippen molar-refractivity contribution >= 4 is 60.2 Å². The van der Waals surface area contributed by atoms with Crippen LogP contribution in [0.1, 0.15) is 217 Å². The van der Waals surface area contributed by atoms with Gasteiger partial charge in [0.1, 0.15) is 22.3 Å². The molecule has 2 aromatic heterocycles. The van der Waals surface area contributed by atoms with Crippen LogP contribution in [0.4, 0.5) is 0 Å². The Kier molecular flexibility index (Phi) is 13.7. The molecule has 0 saturated carbocycles. The molecule has 4 aromatic carbocycles. The van der Waals surface area contributed by atoms with Gasteiger partial charge in [0.05, 0.1) is 0 Å². The maximum Gasteiger partial charge on any atom is 0.309 e. The van der Waals surface area contributed by atoms with E-state index in [-0.39, 0.29) is 43.3 Å². The predicted octanol–water partition coefficient (Wildman–Crippen LogP) is 19.3. The van der Waals surface area contributed by atoms with E-state index >= 15 is 0 Å². The summed E-state index contributed by atoms with van der Waals surface area (Å²) < 4.78 is 35.1. The fourth-order valence-electron chi connectivity index (χ4n) is 9.47. The number of fused-ring (bicyclic) bond motifs is 6. The van der Waals surface area contributed by atoms with Crippen molar-refractivity contribution in [2.24, 2.45) is 0 Å². The molecule has 0 spiro atoms. The maximum absolute atomic E-state index is 7.52. The molecule has 378 valence electrons. The molecule has 0 atom stereocenters. The number of benzene rings is 4. The lowest BCUT2D eigenvalue weighted by atomic mass is 9.77. The van der Waals surface area contributed by atoms with Crippen LogP contribution in [0.15, 0.2) is 65.3 Å². The molecule has 0 N–H and O–H groups in total. The van der Waals surface area contributed by atoms with Gasteiger partial charge >= 0.3 is 16.3 Å². The molecule has 69 heavy (non-hydrogen) atoms. The molecular formula is C61H90N2O4P2. The zero-order valence-electron chi connectivity index (χ0n) is 47.6. The lowest BCUT2D eigenvalue weighted by molar-refractivity contribution is 0.550. The first-order chi connectivity index (χ1) is 31.2. The predicted molar refractivity (Wildman–Crippen MR) is 303 cm³/mol. The largest absolute Gasteiger partial charge is 0.407 e. The van der Waals surface area contributed by atoms with Gasteiger partial charge in [-0.25, -0.2) is 9.34 Å². The van der Waals surface area contributed by atoms with Crippen molar-refractivity contribution in [3.8, 4) is 0 Å². The quantitative estimate of drug-likeness (QED) is 0.172. The minimum Gasteiger partial charge on any atom is -0.407 e. The van der Waals surface area contributed by atoms with E-state index in [4.69, 9.17) is 16.8 Å². The second-order valence-electron chi connectivity index (χ2n) is 28.7. The van der Waals surface area contributed by atoms with Crippen LogP contribution in [0.2, 0.25) is 0 Å². The summed E-state index contributed by atoms with van der Waals surface area (Å²) in [5.41, 5.74) is 12.9. The summed E-state index contributed by atoms with van der Waals surface area (Å²) in [7, 11) is -3.15. The minimum atomic E-state index is -1.57. The Bertz CT molecular complexity index is 2610. The summed E-state index contributed by atoms with van der Waals surface area (Å²) in [5, 5.41) is 4.54. The van der Waals surface area contributed by atoms with E-state index in [1.807, 2.05) is 0 Å². The van der Waals surface area contributed by atoms with Crippen LogP contribution in [0.25, 0.3) is 43.9 Å². The number of hydrogen-bond acceptors (Lipinski definition) is 6. The van der Waals surface area contributed by atoms with E-state index in [0.717, 1.165) is 76.5 Å². The molecule has 1 aliphatic heterocycles. The van der Waals surface area contributed by atoms with Crippen LogP contribution in [0.5, 0.6) is 0 Å². The van der Waals surface area contributed by atoms with Crippen molar-refractivity contribution in [1.29, 1.82) is 0 Å². The summed E-state index contributed by atoms with van der Waals surface area (Å²) in [6.07, 6.45) is 0.908. The molecule has 0 amide bonds. The van der Waals surface area contributed by atoms with Crippen molar-refractivity contribution in [1.82, 2.24) is 0 Å². The van der Waals surface area contributed by atoms with E-state index in [2.05, 4.69) is 224 Å². The van der Waals surface area contributed by atoms with Gasteiger partial charge in [-0.05, 0) is 96.3 Å². The zero-order valence-corrected chi connectivity index (χ0v) is 49.4. The third-order valence-electron chi connectivity index (χ3n) is 14.2. The van der Waals surface area contributed by atoms with Gasteiger partial charge in [0.25, 0.3) is 0 Å². The normalized spacial score (nSPS) is 16.0. The molecule has 6 nitrogen and oxygen atoms in total. The third kappa shape index (κ3) is 11.0. The molecule has 1 fully saturated rings. The van der Waals surface area contributed by atoms with Crippen LogP contribution >= 0.6 is 16.3 Å². The van der Waals surface area contributed by atoms with E-state index in [1.54, 1.807) is 0 Å². The smallest absolute Gasteiger partial charge is 0.309 e. The molecule has 0 unspecified atom stereocenters. The third-order valence-corrected chi connectivity index (χ3v) is 17.3. The Labute approximate surface area is 419 Å². The molecular weight excluding hydrogens is 887 g/mol. The fraction of sp³-hybridized carbons (Fsp3) is 0.607. The Morgan fingerprint density at radius 1 is 0.290 bits per heavy atom. The van der Waals surface area contributed by atoms with E-state index in [9.17, 15) is 0 Å². The van der Waals surface area contributed by atoms with Gasteiger partial charge in [0, 0.05) is 70.0 Å². The first-order valence-electron chi connectivity index (χ1n) is 25.8. The molecule has 1 saturated heterocycles. The molecule has 0 radical (unpaired) electrons. The highest BCUT2D eigenvalue weighted by atomic mass is 31.1. The van der Waals surface area contributed by atoms with Gasteiger partial charge in [-0.1, -0.05) is 190 Å².